The third-order valence-electron chi connectivity index (χ3n) is 3.79. The number of hydrogen-bond acceptors (Lipinski definition) is 6. The van der Waals surface area contributed by atoms with E-state index in [2.05, 4.69) is 17.0 Å². The Morgan fingerprint density at radius 3 is 2.88 bits per heavy atom. The van der Waals surface area contributed by atoms with E-state index in [-0.39, 0.29) is 11.2 Å². The van der Waals surface area contributed by atoms with Gasteiger partial charge in [-0.25, -0.2) is 9.97 Å². The highest BCUT2D eigenvalue weighted by atomic mass is 32.2. The van der Waals surface area contributed by atoms with Crippen molar-refractivity contribution in [2.24, 2.45) is 0 Å². The standard InChI is InChI=1S/C17H20N4O2S/c1-4-5-10-14(16(22)23-3)24-17-19-13-9-7-6-8-12(13)15-18-11(2)20-21(15)17/h6-9,14H,4-5,10H2,1-3H3. The molecule has 6 nitrogen and oxygen atoms in total. The Hall–Kier alpha value is -2.15. The summed E-state index contributed by atoms with van der Waals surface area (Å²) in [6.07, 6.45) is 2.73. The average molecular weight is 344 g/mol. The van der Waals surface area contributed by atoms with E-state index in [1.807, 2.05) is 31.2 Å². The molecular weight excluding hydrogens is 324 g/mol. The fourth-order valence-electron chi connectivity index (χ4n) is 2.58. The largest absolute Gasteiger partial charge is 0.468 e. The van der Waals surface area contributed by atoms with Crippen LogP contribution in [0.25, 0.3) is 16.6 Å². The summed E-state index contributed by atoms with van der Waals surface area (Å²) in [5.41, 5.74) is 1.61. The number of fused-ring (bicyclic) bond motifs is 3. The van der Waals surface area contributed by atoms with Crippen LogP contribution in [-0.4, -0.2) is 37.9 Å². The molecule has 126 valence electrons. The van der Waals surface area contributed by atoms with Crippen LogP contribution in [0.5, 0.6) is 0 Å². The van der Waals surface area contributed by atoms with Gasteiger partial charge in [-0.2, -0.15) is 4.52 Å². The number of carbonyl (C=O) groups is 1. The van der Waals surface area contributed by atoms with E-state index in [4.69, 9.17) is 9.72 Å². The van der Waals surface area contributed by atoms with Crippen LogP contribution in [0.1, 0.15) is 32.0 Å². The zero-order valence-corrected chi connectivity index (χ0v) is 14.8. The van der Waals surface area contributed by atoms with E-state index in [1.165, 1.54) is 18.9 Å². The number of unbranched alkanes of at least 4 members (excludes halogenated alkanes) is 1. The van der Waals surface area contributed by atoms with Crippen LogP contribution in [0, 0.1) is 6.92 Å². The topological polar surface area (TPSA) is 69.4 Å². The first-order valence-corrected chi connectivity index (χ1v) is 8.88. The maximum atomic E-state index is 12.1. The molecule has 2 heterocycles. The minimum absolute atomic E-state index is 0.228. The molecule has 0 aliphatic carbocycles. The highest BCUT2D eigenvalue weighted by molar-refractivity contribution is 8.00. The number of rotatable bonds is 6. The Bertz CT molecular complexity index is 878. The van der Waals surface area contributed by atoms with E-state index >= 15 is 0 Å². The summed E-state index contributed by atoms with van der Waals surface area (Å²) in [6, 6.07) is 7.83. The number of hydrogen-bond donors (Lipinski definition) is 0. The van der Waals surface area contributed by atoms with Crippen molar-refractivity contribution in [2.75, 3.05) is 7.11 Å². The van der Waals surface area contributed by atoms with Crippen molar-refractivity contribution in [3.05, 3.63) is 30.1 Å². The van der Waals surface area contributed by atoms with E-state index in [1.54, 1.807) is 4.52 Å². The molecule has 1 aromatic carbocycles. The van der Waals surface area contributed by atoms with Gasteiger partial charge in [-0.05, 0) is 25.5 Å². The van der Waals surface area contributed by atoms with E-state index < -0.39 is 0 Å². The van der Waals surface area contributed by atoms with Crippen LogP contribution >= 0.6 is 11.8 Å². The van der Waals surface area contributed by atoms with Gasteiger partial charge in [-0.3, -0.25) is 4.79 Å². The first-order valence-electron chi connectivity index (χ1n) is 8.00. The predicted molar refractivity (Wildman–Crippen MR) is 94.2 cm³/mol. The molecule has 0 saturated heterocycles. The molecule has 0 amide bonds. The van der Waals surface area contributed by atoms with Crippen molar-refractivity contribution in [3.63, 3.8) is 0 Å². The quantitative estimate of drug-likeness (QED) is 0.388. The lowest BCUT2D eigenvalue weighted by Gasteiger charge is -2.14. The van der Waals surface area contributed by atoms with Gasteiger partial charge in [0, 0.05) is 5.39 Å². The molecule has 1 unspecified atom stereocenters. The maximum Gasteiger partial charge on any atom is 0.319 e. The smallest absolute Gasteiger partial charge is 0.319 e. The Morgan fingerprint density at radius 1 is 1.33 bits per heavy atom. The molecule has 0 aliphatic rings. The summed E-state index contributed by atoms with van der Waals surface area (Å²) in [6.45, 7) is 3.96. The summed E-state index contributed by atoms with van der Waals surface area (Å²) >= 11 is 1.39. The SMILES string of the molecule is CCCCC(Sc1nc2ccccc2c2nc(C)nn12)C(=O)OC. The van der Waals surface area contributed by atoms with Gasteiger partial charge in [0.1, 0.15) is 11.1 Å². The number of aromatic nitrogens is 4. The van der Waals surface area contributed by atoms with E-state index in [0.717, 1.165) is 35.8 Å². The third-order valence-corrected chi connectivity index (χ3v) is 4.97. The van der Waals surface area contributed by atoms with Crippen LogP contribution in [0.15, 0.2) is 29.4 Å². The van der Waals surface area contributed by atoms with Crippen molar-refractivity contribution < 1.29 is 9.53 Å². The van der Waals surface area contributed by atoms with Crippen molar-refractivity contribution in [2.45, 2.75) is 43.5 Å². The summed E-state index contributed by atoms with van der Waals surface area (Å²) in [4.78, 5) is 21.3. The molecule has 3 rings (SSSR count). The molecule has 3 aromatic rings. The van der Waals surface area contributed by atoms with Gasteiger partial charge < -0.3 is 4.74 Å². The number of para-hydroxylation sites is 1. The fraction of sp³-hybridized carbons (Fsp3) is 0.412. The van der Waals surface area contributed by atoms with Gasteiger partial charge in [-0.1, -0.05) is 43.7 Å². The van der Waals surface area contributed by atoms with Gasteiger partial charge in [0.05, 0.1) is 12.6 Å². The molecule has 0 aliphatic heterocycles. The summed E-state index contributed by atoms with van der Waals surface area (Å²) < 4.78 is 6.68. The van der Waals surface area contributed by atoms with Gasteiger partial charge in [-0.15, -0.1) is 5.10 Å². The zero-order valence-electron chi connectivity index (χ0n) is 14.0. The Balaban J connectivity index is 2.07. The highest BCUT2D eigenvalue weighted by Crippen LogP contribution is 2.29. The summed E-state index contributed by atoms with van der Waals surface area (Å²) in [7, 11) is 1.42. The number of aryl methyl sites for hydroxylation is 1. The molecule has 0 N–H and O–H groups in total. The van der Waals surface area contributed by atoms with Crippen LogP contribution in [-0.2, 0) is 9.53 Å². The number of thioether (sulfide) groups is 1. The molecule has 0 fully saturated rings. The molecule has 2 aromatic heterocycles. The lowest BCUT2D eigenvalue weighted by atomic mass is 10.2. The minimum Gasteiger partial charge on any atom is -0.468 e. The number of nitrogens with zero attached hydrogens (tertiary/aromatic N) is 4. The van der Waals surface area contributed by atoms with Crippen LogP contribution in [0.3, 0.4) is 0 Å². The predicted octanol–water partition coefficient (Wildman–Crippen LogP) is 3.41. The fourth-order valence-corrected chi connectivity index (χ4v) is 3.69. The molecule has 1 atom stereocenters. The van der Waals surface area contributed by atoms with Crippen LogP contribution in [0.4, 0.5) is 0 Å². The maximum absolute atomic E-state index is 12.1. The van der Waals surface area contributed by atoms with Crippen LogP contribution < -0.4 is 0 Å². The number of methoxy groups -OCH3 is 1. The molecule has 0 spiro atoms. The monoisotopic (exact) mass is 344 g/mol. The lowest BCUT2D eigenvalue weighted by Crippen LogP contribution is -2.19. The van der Waals surface area contributed by atoms with E-state index in [9.17, 15) is 4.79 Å². The highest BCUT2D eigenvalue weighted by Gasteiger charge is 2.23. The van der Waals surface area contributed by atoms with E-state index in [0.29, 0.717) is 11.0 Å². The lowest BCUT2D eigenvalue weighted by molar-refractivity contribution is -0.140. The average Bonchev–Trinajstić information content (AvgIpc) is 2.99. The Kier molecular flexibility index (Phi) is 4.99. The molecule has 0 radical (unpaired) electrons. The Labute approximate surface area is 144 Å². The minimum atomic E-state index is -0.295. The van der Waals surface area contributed by atoms with Gasteiger partial charge in [0.25, 0.3) is 0 Å². The van der Waals surface area contributed by atoms with Crippen molar-refractivity contribution in [1.29, 1.82) is 0 Å². The third kappa shape index (κ3) is 3.21. The number of esters is 1. The molecular formula is C17H20N4O2S. The van der Waals surface area contributed by atoms with Gasteiger partial charge in [0.2, 0.25) is 0 Å². The van der Waals surface area contributed by atoms with Crippen LogP contribution in [0.2, 0.25) is 0 Å². The second kappa shape index (κ2) is 7.17. The molecule has 0 bridgehead atoms. The summed E-state index contributed by atoms with van der Waals surface area (Å²) in [5, 5.41) is 5.77. The number of carbonyl (C=O) groups excluding carboxylic acids is 1. The Morgan fingerprint density at radius 2 is 2.12 bits per heavy atom. The molecule has 0 saturated carbocycles. The first kappa shape index (κ1) is 16.7. The normalized spacial score (nSPS) is 12.6. The number of ether oxygens (including phenoxy) is 1. The van der Waals surface area contributed by atoms with Gasteiger partial charge >= 0.3 is 5.97 Å². The summed E-state index contributed by atoms with van der Waals surface area (Å²) in [5.74, 6) is 0.451. The van der Waals surface area contributed by atoms with Gasteiger partial charge in [0.15, 0.2) is 10.8 Å². The van der Waals surface area contributed by atoms with Crippen molar-refractivity contribution in [1.82, 2.24) is 19.6 Å². The second-order valence-electron chi connectivity index (χ2n) is 5.58. The first-order chi connectivity index (χ1) is 11.6. The second-order valence-corrected chi connectivity index (χ2v) is 6.75. The van der Waals surface area contributed by atoms with Crippen molar-refractivity contribution >= 4 is 34.3 Å². The van der Waals surface area contributed by atoms with Crippen molar-refractivity contribution in [3.8, 4) is 0 Å². The molecule has 7 heteroatoms. The number of benzene rings is 1. The molecule has 24 heavy (non-hydrogen) atoms. The zero-order chi connectivity index (χ0) is 17.1.